The van der Waals surface area contributed by atoms with Crippen molar-refractivity contribution in [2.24, 2.45) is 7.05 Å². The summed E-state index contributed by atoms with van der Waals surface area (Å²) < 4.78 is 3.98. The van der Waals surface area contributed by atoms with E-state index in [1.165, 1.54) is 11.3 Å². The number of nitrogens with zero attached hydrogens (tertiary/aromatic N) is 4. The molecule has 0 unspecified atom stereocenters. The molecule has 6 aromatic rings. The van der Waals surface area contributed by atoms with Crippen molar-refractivity contribution in [1.82, 2.24) is 19.1 Å². The fourth-order valence-corrected chi connectivity index (χ4v) is 5.58. The first-order chi connectivity index (χ1) is 17.6. The lowest BCUT2D eigenvalue weighted by Crippen LogP contribution is -2.03. The summed E-state index contributed by atoms with van der Waals surface area (Å²) in [6.45, 7) is 0. The Balaban J connectivity index is 1.44. The molecule has 0 spiro atoms. The smallest absolute Gasteiger partial charge is 0.197 e. The van der Waals surface area contributed by atoms with Crippen LogP contribution in [0.1, 0.15) is 26.4 Å². The number of aromatic nitrogens is 4. The summed E-state index contributed by atoms with van der Waals surface area (Å²) in [5.41, 5.74) is 4.31. The van der Waals surface area contributed by atoms with Gasteiger partial charge in [0, 0.05) is 35.4 Å². The third kappa shape index (κ3) is 2.96. The van der Waals surface area contributed by atoms with E-state index in [9.17, 15) is 9.59 Å². The Kier molecular flexibility index (Phi) is 4.43. The van der Waals surface area contributed by atoms with Crippen molar-refractivity contribution in [3.05, 3.63) is 107 Å². The van der Waals surface area contributed by atoms with E-state index in [4.69, 9.17) is 4.98 Å². The predicted molar refractivity (Wildman–Crippen MR) is 142 cm³/mol. The Morgan fingerprint density at radius 2 is 1.53 bits per heavy atom. The molecule has 3 aromatic carbocycles. The zero-order chi connectivity index (χ0) is 24.4. The van der Waals surface area contributed by atoms with Gasteiger partial charge < -0.3 is 4.57 Å². The quantitative estimate of drug-likeness (QED) is 0.224. The number of aryl methyl sites for hydroxylation is 1. The Morgan fingerprint density at radius 3 is 2.17 bits per heavy atom. The Hall–Kier alpha value is -4.62. The minimum atomic E-state index is -0.248. The second kappa shape index (κ2) is 7.69. The van der Waals surface area contributed by atoms with Crippen LogP contribution in [0.3, 0.4) is 0 Å². The van der Waals surface area contributed by atoms with Crippen LogP contribution >= 0.6 is 11.3 Å². The Morgan fingerprint density at radius 1 is 0.861 bits per heavy atom. The maximum Gasteiger partial charge on any atom is 0.197 e. The number of benzene rings is 3. The number of ketones is 2. The van der Waals surface area contributed by atoms with Crippen molar-refractivity contribution in [1.29, 1.82) is 0 Å². The molecular formula is C29H18N4O2S. The first-order valence-electron chi connectivity index (χ1n) is 11.5. The van der Waals surface area contributed by atoms with E-state index in [1.807, 2.05) is 94.4 Å². The molecule has 7 rings (SSSR count). The molecule has 0 radical (unpaired) electrons. The van der Waals surface area contributed by atoms with Crippen molar-refractivity contribution in [2.75, 3.05) is 0 Å². The van der Waals surface area contributed by atoms with Gasteiger partial charge in [-0.3, -0.25) is 14.2 Å². The summed E-state index contributed by atoms with van der Waals surface area (Å²) in [6, 6.07) is 23.2. The van der Waals surface area contributed by atoms with Gasteiger partial charge in [-0.2, -0.15) is 0 Å². The number of rotatable bonds is 3. The molecule has 0 fully saturated rings. The van der Waals surface area contributed by atoms with Crippen molar-refractivity contribution < 1.29 is 9.59 Å². The highest BCUT2D eigenvalue weighted by molar-refractivity contribution is 7.13. The van der Waals surface area contributed by atoms with Crippen molar-refractivity contribution in [3.8, 4) is 16.5 Å². The summed E-state index contributed by atoms with van der Waals surface area (Å²) >= 11 is 1.53. The Labute approximate surface area is 209 Å². The van der Waals surface area contributed by atoms with Gasteiger partial charge in [-0.1, -0.05) is 42.5 Å². The summed E-state index contributed by atoms with van der Waals surface area (Å²) in [7, 11) is 1.95. The summed E-state index contributed by atoms with van der Waals surface area (Å²) in [5.74, 6) is 0.273. The third-order valence-electron chi connectivity index (χ3n) is 6.67. The zero-order valence-electron chi connectivity index (χ0n) is 19.2. The summed E-state index contributed by atoms with van der Waals surface area (Å²) in [4.78, 5) is 36.2. The molecule has 7 heteroatoms. The van der Waals surface area contributed by atoms with Crippen LogP contribution in [0, 0.1) is 0 Å². The minimum Gasteiger partial charge on any atom is -0.324 e. The zero-order valence-corrected chi connectivity index (χ0v) is 20.0. The van der Waals surface area contributed by atoms with Crippen LogP contribution in [0.4, 0.5) is 0 Å². The fourth-order valence-electron chi connectivity index (χ4n) is 4.92. The van der Waals surface area contributed by atoms with Gasteiger partial charge >= 0.3 is 0 Å². The molecule has 0 atom stereocenters. The maximum absolute atomic E-state index is 13.4. The highest BCUT2D eigenvalue weighted by Crippen LogP contribution is 2.34. The highest BCUT2D eigenvalue weighted by atomic mass is 32.1. The maximum atomic E-state index is 13.4. The van der Waals surface area contributed by atoms with Gasteiger partial charge in [0.2, 0.25) is 0 Å². The van der Waals surface area contributed by atoms with Gasteiger partial charge in [-0.15, -0.1) is 11.3 Å². The van der Waals surface area contributed by atoms with Crippen LogP contribution in [-0.2, 0) is 7.05 Å². The molecule has 0 saturated heterocycles. The lowest BCUT2D eigenvalue weighted by atomic mass is 10.0. The average molecular weight is 487 g/mol. The topological polar surface area (TPSA) is 69.8 Å². The van der Waals surface area contributed by atoms with Crippen molar-refractivity contribution in [3.63, 3.8) is 0 Å². The monoisotopic (exact) mass is 486 g/mol. The van der Waals surface area contributed by atoms with Crippen LogP contribution < -0.4 is 0 Å². The van der Waals surface area contributed by atoms with Gasteiger partial charge in [0.05, 0.1) is 16.8 Å². The van der Waals surface area contributed by atoms with E-state index in [1.54, 1.807) is 12.3 Å². The van der Waals surface area contributed by atoms with Crippen LogP contribution in [0.25, 0.3) is 44.5 Å². The molecule has 0 bridgehead atoms. The standard InChI is InChI=1S/C29H18N4O2S/c1-32-24-16-20(15-23-25(34)21-13-17-7-5-6-8-18(17)14-22(21)26(23)35)33(19-9-3-2-4-10-19)27(24)31-28(32)29-30-11-12-36-29/h2-16H,1H3. The number of fused-ring (bicyclic) bond motifs is 3. The molecule has 36 heavy (non-hydrogen) atoms. The molecule has 0 amide bonds. The highest BCUT2D eigenvalue weighted by Gasteiger charge is 2.34. The lowest BCUT2D eigenvalue weighted by molar-refractivity contribution is 0.0990. The molecule has 1 aliphatic carbocycles. The average Bonchev–Trinajstić information content (AvgIpc) is 3.66. The van der Waals surface area contributed by atoms with E-state index >= 15 is 0 Å². The summed E-state index contributed by atoms with van der Waals surface area (Å²) in [6.07, 6.45) is 3.46. The first-order valence-corrected chi connectivity index (χ1v) is 12.4. The molecule has 0 aliphatic heterocycles. The fraction of sp³-hybridized carbons (Fsp3) is 0.0345. The van der Waals surface area contributed by atoms with Crippen LogP contribution in [0.5, 0.6) is 0 Å². The number of hydrogen-bond donors (Lipinski definition) is 0. The third-order valence-corrected chi connectivity index (χ3v) is 7.44. The van der Waals surface area contributed by atoms with Crippen LogP contribution in [0.2, 0.25) is 0 Å². The molecule has 3 heterocycles. The van der Waals surface area contributed by atoms with Gasteiger partial charge in [0.1, 0.15) is 0 Å². The van der Waals surface area contributed by atoms with Gasteiger partial charge in [0.25, 0.3) is 0 Å². The van der Waals surface area contributed by atoms with E-state index in [-0.39, 0.29) is 17.1 Å². The van der Waals surface area contributed by atoms with E-state index in [2.05, 4.69) is 4.98 Å². The second-order valence-electron chi connectivity index (χ2n) is 8.74. The van der Waals surface area contributed by atoms with Crippen LogP contribution in [0.15, 0.2) is 89.9 Å². The number of carbonyl (C=O) groups is 2. The van der Waals surface area contributed by atoms with Crippen molar-refractivity contribution >= 4 is 50.9 Å². The SMILES string of the molecule is Cn1c(-c2nccs2)nc2c1cc(C=C1C(=O)c3cc4ccccc4cc3C1=O)n2-c1ccccc1. The predicted octanol–water partition coefficient (Wildman–Crippen LogP) is 6.10. The van der Waals surface area contributed by atoms with Crippen LogP contribution in [-0.4, -0.2) is 30.7 Å². The molecule has 0 saturated carbocycles. The molecular weight excluding hydrogens is 468 g/mol. The lowest BCUT2D eigenvalue weighted by Gasteiger charge is -2.07. The number of allylic oxidation sites excluding steroid dienone is 1. The molecule has 0 N–H and O–H groups in total. The van der Waals surface area contributed by atoms with Gasteiger partial charge in [-0.25, -0.2) is 9.97 Å². The number of carbonyl (C=O) groups excluding carboxylic acids is 2. The molecule has 172 valence electrons. The largest absolute Gasteiger partial charge is 0.324 e. The second-order valence-corrected chi connectivity index (χ2v) is 9.64. The number of hydrogen-bond acceptors (Lipinski definition) is 5. The van der Waals surface area contributed by atoms with E-state index in [0.717, 1.165) is 38.5 Å². The van der Waals surface area contributed by atoms with Gasteiger partial charge in [-0.05, 0) is 47.2 Å². The number of Topliss-reactive ketones (excluding diaryl/α,β-unsaturated/α-hetero) is 2. The molecule has 6 nitrogen and oxygen atoms in total. The van der Waals surface area contributed by atoms with E-state index in [0.29, 0.717) is 16.8 Å². The number of para-hydroxylation sites is 1. The molecule has 3 aromatic heterocycles. The van der Waals surface area contributed by atoms with E-state index < -0.39 is 0 Å². The minimum absolute atomic E-state index is 0.167. The molecule has 1 aliphatic rings. The number of imidazole rings is 1. The summed E-state index contributed by atoms with van der Waals surface area (Å²) in [5, 5.41) is 4.64. The first kappa shape index (κ1) is 20.7. The number of thiazole rings is 1. The normalized spacial score (nSPS) is 13.2. The van der Waals surface area contributed by atoms with Gasteiger partial charge in [0.15, 0.2) is 28.0 Å². The van der Waals surface area contributed by atoms with Crippen molar-refractivity contribution in [2.45, 2.75) is 0 Å². The Bertz CT molecular complexity index is 1820.